The molecule has 0 heterocycles. The SMILES string of the molecule is CCOC1CC(Nc2cc(F)ccc2F)C12CCCCC2. The van der Waals surface area contributed by atoms with E-state index in [4.69, 9.17) is 4.74 Å². The second kappa shape index (κ2) is 5.91. The first kappa shape index (κ1) is 14.8. The van der Waals surface area contributed by atoms with Gasteiger partial charge < -0.3 is 10.1 Å². The van der Waals surface area contributed by atoms with Crippen molar-refractivity contribution in [2.75, 3.05) is 11.9 Å². The van der Waals surface area contributed by atoms with Crippen molar-refractivity contribution < 1.29 is 13.5 Å². The molecule has 0 aromatic heterocycles. The van der Waals surface area contributed by atoms with Crippen LogP contribution in [0.25, 0.3) is 0 Å². The number of hydrogen-bond donors (Lipinski definition) is 1. The molecule has 2 fully saturated rings. The minimum atomic E-state index is -0.405. The highest BCUT2D eigenvalue weighted by atomic mass is 19.1. The number of benzene rings is 1. The lowest BCUT2D eigenvalue weighted by atomic mass is 9.55. The van der Waals surface area contributed by atoms with Crippen molar-refractivity contribution in [2.45, 2.75) is 57.6 Å². The molecule has 0 bridgehead atoms. The zero-order chi connectivity index (χ0) is 14.9. The highest BCUT2D eigenvalue weighted by Crippen LogP contribution is 2.54. The average molecular weight is 295 g/mol. The van der Waals surface area contributed by atoms with Gasteiger partial charge >= 0.3 is 0 Å². The number of halogens is 2. The van der Waals surface area contributed by atoms with E-state index in [-0.39, 0.29) is 29.1 Å². The van der Waals surface area contributed by atoms with E-state index in [1.807, 2.05) is 6.92 Å². The zero-order valence-electron chi connectivity index (χ0n) is 12.5. The maximum atomic E-state index is 13.8. The van der Waals surface area contributed by atoms with Gasteiger partial charge in [-0.3, -0.25) is 0 Å². The highest BCUT2D eigenvalue weighted by molar-refractivity contribution is 5.47. The van der Waals surface area contributed by atoms with Gasteiger partial charge in [-0.15, -0.1) is 0 Å². The monoisotopic (exact) mass is 295 g/mol. The van der Waals surface area contributed by atoms with Crippen molar-refractivity contribution in [3.63, 3.8) is 0 Å². The Morgan fingerprint density at radius 3 is 2.71 bits per heavy atom. The first-order chi connectivity index (χ1) is 10.2. The molecule has 1 spiro atoms. The normalized spacial score (nSPS) is 27.4. The number of rotatable bonds is 4. The van der Waals surface area contributed by atoms with Gasteiger partial charge in [0.1, 0.15) is 11.6 Å². The molecular formula is C17H23F2NO. The van der Waals surface area contributed by atoms with Crippen LogP contribution in [0.5, 0.6) is 0 Å². The van der Waals surface area contributed by atoms with Crippen molar-refractivity contribution >= 4 is 5.69 Å². The van der Waals surface area contributed by atoms with Crippen LogP contribution >= 0.6 is 0 Å². The average Bonchev–Trinajstić information content (AvgIpc) is 2.50. The standard InChI is InChI=1S/C17H23F2NO/c1-2-21-16-11-15(17(16)8-4-3-5-9-17)20-14-10-12(18)6-7-13(14)19/h6-7,10,15-16,20H,2-5,8-9,11H2,1H3. The Labute approximate surface area is 124 Å². The Kier molecular flexibility index (Phi) is 4.16. The second-order valence-electron chi connectivity index (χ2n) is 6.29. The number of nitrogens with one attached hydrogen (secondary N) is 1. The van der Waals surface area contributed by atoms with Gasteiger partial charge in [0.15, 0.2) is 0 Å². The molecule has 1 aromatic carbocycles. The topological polar surface area (TPSA) is 21.3 Å². The third-order valence-electron chi connectivity index (χ3n) is 5.20. The Morgan fingerprint density at radius 1 is 1.24 bits per heavy atom. The number of hydrogen-bond acceptors (Lipinski definition) is 2. The molecule has 0 radical (unpaired) electrons. The molecule has 116 valence electrons. The molecule has 0 saturated heterocycles. The molecule has 2 aliphatic carbocycles. The molecule has 1 N–H and O–H groups in total. The summed E-state index contributed by atoms with van der Waals surface area (Å²) in [5, 5.41) is 3.24. The summed E-state index contributed by atoms with van der Waals surface area (Å²) in [5.74, 6) is -0.792. The number of ether oxygens (including phenoxy) is 1. The fourth-order valence-electron chi connectivity index (χ4n) is 4.06. The van der Waals surface area contributed by atoms with Crippen molar-refractivity contribution in [3.05, 3.63) is 29.8 Å². The van der Waals surface area contributed by atoms with E-state index < -0.39 is 5.82 Å². The zero-order valence-corrected chi connectivity index (χ0v) is 12.5. The molecule has 1 aromatic rings. The van der Waals surface area contributed by atoms with Crippen LogP contribution in [-0.2, 0) is 4.74 Å². The molecule has 4 heteroatoms. The Balaban J connectivity index is 1.77. The van der Waals surface area contributed by atoms with Crippen molar-refractivity contribution in [2.24, 2.45) is 5.41 Å². The van der Waals surface area contributed by atoms with Crippen LogP contribution in [0.4, 0.5) is 14.5 Å². The molecule has 2 aliphatic rings. The fraction of sp³-hybridized carbons (Fsp3) is 0.647. The molecule has 2 saturated carbocycles. The molecule has 21 heavy (non-hydrogen) atoms. The summed E-state index contributed by atoms with van der Waals surface area (Å²) in [4.78, 5) is 0. The van der Waals surface area contributed by atoms with Gasteiger partial charge in [0.05, 0.1) is 11.8 Å². The third kappa shape index (κ3) is 2.66. The maximum absolute atomic E-state index is 13.8. The molecule has 0 aliphatic heterocycles. The molecule has 2 unspecified atom stereocenters. The smallest absolute Gasteiger partial charge is 0.146 e. The minimum absolute atomic E-state index is 0.104. The summed E-state index contributed by atoms with van der Waals surface area (Å²) in [5.41, 5.74) is 0.382. The predicted molar refractivity (Wildman–Crippen MR) is 79.3 cm³/mol. The van der Waals surface area contributed by atoms with E-state index >= 15 is 0 Å². The maximum Gasteiger partial charge on any atom is 0.146 e. The van der Waals surface area contributed by atoms with Gasteiger partial charge in [-0.1, -0.05) is 19.3 Å². The first-order valence-corrected chi connectivity index (χ1v) is 7.99. The minimum Gasteiger partial charge on any atom is -0.379 e. The van der Waals surface area contributed by atoms with Gasteiger partial charge in [0.25, 0.3) is 0 Å². The van der Waals surface area contributed by atoms with Gasteiger partial charge in [-0.25, -0.2) is 8.78 Å². The molecule has 2 nitrogen and oxygen atoms in total. The van der Waals surface area contributed by atoms with Gasteiger partial charge in [-0.05, 0) is 44.4 Å². The van der Waals surface area contributed by atoms with Crippen LogP contribution in [-0.4, -0.2) is 18.8 Å². The van der Waals surface area contributed by atoms with Gasteiger partial charge in [0, 0.05) is 18.1 Å². The van der Waals surface area contributed by atoms with E-state index in [1.165, 1.54) is 31.4 Å². The lowest BCUT2D eigenvalue weighted by molar-refractivity contribution is -0.134. The van der Waals surface area contributed by atoms with E-state index in [2.05, 4.69) is 5.32 Å². The van der Waals surface area contributed by atoms with Crippen LogP contribution in [0.2, 0.25) is 0 Å². The van der Waals surface area contributed by atoms with Crippen LogP contribution < -0.4 is 5.32 Å². The lowest BCUT2D eigenvalue weighted by Gasteiger charge is -2.58. The molecule has 2 atom stereocenters. The summed E-state index contributed by atoms with van der Waals surface area (Å²) in [6, 6.07) is 3.77. The summed E-state index contributed by atoms with van der Waals surface area (Å²) in [7, 11) is 0. The van der Waals surface area contributed by atoms with Crippen LogP contribution in [0, 0.1) is 17.0 Å². The van der Waals surface area contributed by atoms with E-state index in [1.54, 1.807) is 0 Å². The van der Waals surface area contributed by atoms with E-state index in [0.717, 1.165) is 25.3 Å². The van der Waals surface area contributed by atoms with Crippen molar-refractivity contribution in [1.82, 2.24) is 0 Å². The molecular weight excluding hydrogens is 272 g/mol. The predicted octanol–water partition coefficient (Wildman–Crippen LogP) is 4.50. The quantitative estimate of drug-likeness (QED) is 0.882. The lowest BCUT2D eigenvalue weighted by Crippen LogP contribution is -2.62. The van der Waals surface area contributed by atoms with Crippen LogP contribution in [0.1, 0.15) is 45.4 Å². The summed E-state index contributed by atoms with van der Waals surface area (Å²) in [6.45, 7) is 2.73. The molecule has 0 amide bonds. The Bertz CT molecular complexity index is 500. The third-order valence-corrected chi connectivity index (χ3v) is 5.20. The van der Waals surface area contributed by atoms with Crippen LogP contribution in [0.15, 0.2) is 18.2 Å². The van der Waals surface area contributed by atoms with Crippen molar-refractivity contribution in [1.29, 1.82) is 0 Å². The molecule has 3 rings (SSSR count). The first-order valence-electron chi connectivity index (χ1n) is 7.99. The van der Waals surface area contributed by atoms with Crippen LogP contribution in [0.3, 0.4) is 0 Å². The van der Waals surface area contributed by atoms with Crippen molar-refractivity contribution in [3.8, 4) is 0 Å². The number of anilines is 1. The Morgan fingerprint density at radius 2 is 2.00 bits per heavy atom. The van der Waals surface area contributed by atoms with Gasteiger partial charge in [0.2, 0.25) is 0 Å². The van der Waals surface area contributed by atoms with E-state index in [9.17, 15) is 8.78 Å². The summed E-state index contributed by atoms with van der Waals surface area (Å²) < 4.78 is 33.0. The van der Waals surface area contributed by atoms with E-state index in [0.29, 0.717) is 6.61 Å². The summed E-state index contributed by atoms with van der Waals surface area (Å²) in [6.07, 6.45) is 7.04. The van der Waals surface area contributed by atoms with Gasteiger partial charge in [-0.2, -0.15) is 0 Å². The highest BCUT2D eigenvalue weighted by Gasteiger charge is 2.55. The summed E-state index contributed by atoms with van der Waals surface area (Å²) >= 11 is 0. The largest absolute Gasteiger partial charge is 0.379 e. The second-order valence-corrected chi connectivity index (χ2v) is 6.29. The Hall–Kier alpha value is -1.16. The fourth-order valence-corrected chi connectivity index (χ4v) is 4.06.